The largest absolute Gasteiger partial charge is 0.410 e. The van der Waals surface area contributed by atoms with Crippen molar-refractivity contribution in [2.45, 2.75) is 70.7 Å². The maximum Gasteiger partial charge on any atom is 0.267 e. The van der Waals surface area contributed by atoms with Crippen molar-refractivity contribution in [3.05, 3.63) is 60.2 Å². The number of unbranched alkanes of at least 4 members (excludes halogenated alkanes) is 2. The molecular weight excluding hydrogens is 378 g/mol. The van der Waals surface area contributed by atoms with E-state index in [9.17, 15) is 4.79 Å². The second kappa shape index (κ2) is 10.2. The van der Waals surface area contributed by atoms with Gasteiger partial charge < -0.3 is 4.43 Å². The van der Waals surface area contributed by atoms with Crippen LogP contribution >= 0.6 is 0 Å². The van der Waals surface area contributed by atoms with Gasteiger partial charge in [0, 0.05) is 6.08 Å². The monoisotopic (exact) mass is 413 g/mol. The average Bonchev–Trinajstić information content (AvgIpc) is 2.68. The summed E-state index contributed by atoms with van der Waals surface area (Å²) < 4.78 is 6.88. The highest BCUT2D eigenvalue weighted by Gasteiger charge is 2.39. The number of carbonyl (C=O) groups is 1. The van der Waals surface area contributed by atoms with Crippen molar-refractivity contribution in [2.75, 3.05) is 0 Å². The van der Waals surface area contributed by atoms with Crippen molar-refractivity contribution in [3.8, 4) is 0 Å². The van der Waals surface area contributed by atoms with Gasteiger partial charge in [0.05, 0.1) is 6.10 Å². The Balaban J connectivity index is 2.18. The van der Waals surface area contributed by atoms with Gasteiger partial charge >= 0.3 is 0 Å². The number of amides is 1. The number of allylic oxidation sites excluding steroid dienone is 1. The zero-order chi connectivity index (χ0) is 21.5. The van der Waals surface area contributed by atoms with Crippen molar-refractivity contribution < 1.29 is 14.4 Å². The van der Waals surface area contributed by atoms with Crippen LogP contribution in [0.1, 0.15) is 58.1 Å². The van der Waals surface area contributed by atoms with E-state index in [0.717, 1.165) is 25.7 Å². The van der Waals surface area contributed by atoms with Crippen molar-refractivity contribution in [1.82, 2.24) is 5.48 Å². The molecule has 0 saturated heterocycles. The number of nitrogens with one attached hydrogen (secondary N) is 1. The standard InChI is InChI=1S/C24H35NO3Si/c1-24(2,3)29(4,5)28-22(17-8-6-7-9-18-23(26)25-27)21-16-12-14-19-13-10-11-15-20(19)21/h9-16,18,22,27H,6-8,17H2,1-5H3,(H,25,26)/b18-9-. The van der Waals surface area contributed by atoms with Crippen molar-refractivity contribution in [2.24, 2.45) is 0 Å². The first-order valence-corrected chi connectivity index (χ1v) is 13.3. The molecule has 0 radical (unpaired) electrons. The second-order valence-corrected chi connectivity index (χ2v) is 13.9. The van der Waals surface area contributed by atoms with Crippen LogP contribution in [0.3, 0.4) is 0 Å². The van der Waals surface area contributed by atoms with Gasteiger partial charge in [-0.15, -0.1) is 0 Å². The predicted molar refractivity (Wildman–Crippen MR) is 123 cm³/mol. The first-order valence-electron chi connectivity index (χ1n) is 10.4. The lowest BCUT2D eigenvalue weighted by Crippen LogP contribution is -2.41. The lowest BCUT2D eigenvalue weighted by Gasteiger charge is -2.39. The minimum Gasteiger partial charge on any atom is -0.410 e. The van der Waals surface area contributed by atoms with Gasteiger partial charge in [-0.05, 0) is 53.7 Å². The molecule has 5 heteroatoms. The Morgan fingerprint density at radius 3 is 2.52 bits per heavy atom. The molecule has 0 bridgehead atoms. The molecule has 1 unspecified atom stereocenters. The number of hydrogen-bond acceptors (Lipinski definition) is 3. The molecule has 0 aliphatic carbocycles. The van der Waals surface area contributed by atoms with Crippen LogP contribution in [0.4, 0.5) is 0 Å². The third-order valence-corrected chi connectivity index (χ3v) is 10.4. The van der Waals surface area contributed by atoms with Crippen LogP contribution in [0.25, 0.3) is 10.8 Å². The number of hydroxylamine groups is 1. The maximum atomic E-state index is 11.0. The molecule has 0 heterocycles. The molecule has 2 aromatic carbocycles. The summed E-state index contributed by atoms with van der Waals surface area (Å²) >= 11 is 0. The summed E-state index contributed by atoms with van der Waals surface area (Å²) in [6.45, 7) is 11.4. The summed E-state index contributed by atoms with van der Waals surface area (Å²) in [6.07, 6.45) is 6.95. The Kier molecular flexibility index (Phi) is 8.20. The third-order valence-electron chi connectivity index (χ3n) is 5.88. The Morgan fingerprint density at radius 1 is 1.14 bits per heavy atom. The number of fused-ring (bicyclic) bond motifs is 1. The average molecular weight is 414 g/mol. The topological polar surface area (TPSA) is 58.6 Å². The van der Waals surface area contributed by atoms with Gasteiger partial charge in [-0.1, -0.05) is 75.7 Å². The van der Waals surface area contributed by atoms with E-state index in [1.807, 2.05) is 0 Å². The number of hydrogen-bond donors (Lipinski definition) is 2. The van der Waals surface area contributed by atoms with Gasteiger partial charge in [0.1, 0.15) is 0 Å². The van der Waals surface area contributed by atoms with Gasteiger partial charge in [0.15, 0.2) is 8.32 Å². The number of carbonyl (C=O) groups excluding carboxylic acids is 1. The Bertz CT molecular complexity index is 834. The van der Waals surface area contributed by atoms with Gasteiger partial charge in [0.25, 0.3) is 5.91 Å². The van der Waals surface area contributed by atoms with Crippen LogP contribution in [0.15, 0.2) is 54.6 Å². The Hall–Kier alpha value is -1.95. The molecule has 2 N–H and O–H groups in total. The molecule has 1 amide bonds. The van der Waals surface area contributed by atoms with E-state index in [4.69, 9.17) is 9.63 Å². The molecule has 0 aliphatic rings. The second-order valence-electron chi connectivity index (χ2n) is 9.10. The first kappa shape index (κ1) is 23.3. The molecular formula is C24H35NO3Si. The molecule has 0 fully saturated rings. The smallest absolute Gasteiger partial charge is 0.267 e. The Morgan fingerprint density at radius 2 is 1.83 bits per heavy atom. The van der Waals surface area contributed by atoms with E-state index in [-0.39, 0.29) is 11.1 Å². The normalized spacial score (nSPS) is 13.7. The number of rotatable bonds is 9. The summed E-state index contributed by atoms with van der Waals surface area (Å²) in [5.74, 6) is -0.486. The summed E-state index contributed by atoms with van der Waals surface area (Å²) in [5.41, 5.74) is 2.88. The zero-order valence-electron chi connectivity index (χ0n) is 18.4. The number of benzene rings is 2. The van der Waals surface area contributed by atoms with Crippen LogP contribution in [0.2, 0.25) is 18.1 Å². The highest BCUT2D eigenvalue weighted by atomic mass is 28.4. The van der Waals surface area contributed by atoms with E-state index < -0.39 is 14.2 Å². The summed E-state index contributed by atoms with van der Waals surface area (Å²) in [5, 5.41) is 11.2. The van der Waals surface area contributed by atoms with Crippen LogP contribution in [0, 0.1) is 0 Å². The van der Waals surface area contributed by atoms with Gasteiger partial charge in [-0.25, -0.2) is 5.48 Å². The molecule has 2 aromatic rings. The third kappa shape index (κ3) is 6.52. The lowest BCUT2D eigenvalue weighted by atomic mass is 9.97. The SMILES string of the molecule is CC(C)(C)[Si](C)(C)OC(CCCC/C=C\C(=O)NO)c1cccc2ccccc12. The fourth-order valence-electron chi connectivity index (χ4n) is 3.16. The fourth-order valence-corrected chi connectivity index (χ4v) is 4.47. The van der Waals surface area contributed by atoms with Crippen molar-refractivity contribution >= 4 is 25.0 Å². The summed E-state index contributed by atoms with van der Waals surface area (Å²) in [6, 6.07) is 15.0. The zero-order valence-corrected chi connectivity index (χ0v) is 19.4. The van der Waals surface area contributed by atoms with Crippen molar-refractivity contribution in [1.29, 1.82) is 0 Å². The van der Waals surface area contributed by atoms with Gasteiger partial charge in [-0.2, -0.15) is 0 Å². The van der Waals surface area contributed by atoms with E-state index in [0.29, 0.717) is 0 Å². The van der Waals surface area contributed by atoms with Crippen molar-refractivity contribution in [3.63, 3.8) is 0 Å². The lowest BCUT2D eigenvalue weighted by molar-refractivity contribution is -0.124. The molecule has 0 saturated carbocycles. The highest BCUT2D eigenvalue weighted by molar-refractivity contribution is 6.74. The van der Waals surface area contributed by atoms with Gasteiger partial charge in [-0.3, -0.25) is 10.0 Å². The molecule has 0 aromatic heterocycles. The molecule has 0 spiro atoms. The van der Waals surface area contributed by atoms with Crippen LogP contribution in [-0.4, -0.2) is 19.4 Å². The molecule has 4 nitrogen and oxygen atoms in total. The minimum atomic E-state index is -1.93. The summed E-state index contributed by atoms with van der Waals surface area (Å²) in [7, 11) is -1.93. The van der Waals surface area contributed by atoms with E-state index in [1.165, 1.54) is 22.4 Å². The first-order chi connectivity index (χ1) is 13.7. The van der Waals surface area contributed by atoms with Crippen LogP contribution < -0.4 is 5.48 Å². The minimum absolute atomic E-state index is 0.0618. The maximum absolute atomic E-state index is 11.0. The Labute approximate surface area is 176 Å². The molecule has 1 atom stereocenters. The van der Waals surface area contributed by atoms with Gasteiger partial charge in [0.2, 0.25) is 0 Å². The van der Waals surface area contributed by atoms with E-state index in [1.54, 1.807) is 11.6 Å². The van der Waals surface area contributed by atoms with Crippen LogP contribution in [0.5, 0.6) is 0 Å². The molecule has 158 valence electrons. The predicted octanol–water partition coefficient (Wildman–Crippen LogP) is 6.52. The van der Waals surface area contributed by atoms with E-state index in [2.05, 4.69) is 76.3 Å². The fraction of sp³-hybridized carbons (Fsp3) is 0.458. The summed E-state index contributed by atoms with van der Waals surface area (Å²) in [4.78, 5) is 11.0. The van der Waals surface area contributed by atoms with E-state index >= 15 is 0 Å². The molecule has 2 rings (SSSR count). The molecule has 0 aliphatic heterocycles. The molecule has 29 heavy (non-hydrogen) atoms. The highest BCUT2D eigenvalue weighted by Crippen LogP contribution is 2.42. The van der Waals surface area contributed by atoms with Crippen LogP contribution in [-0.2, 0) is 9.22 Å². The quantitative estimate of drug-likeness (QED) is 0.162.